The van der Waals surface area contributed by atoms with Crippen molar-refractivity contribution in [3.63, 3.8) is 0 Å². The highest BCUT2D eigenvalue weighted by molar-refractivity contribution is 9.09. The Bertz CT molecular complexity index is 535. The van der Waals surface area contributed by atoms with E-state index in [-0.39, 0.29) is 16.9 Å². The van der Waals surface area contributed by atoms with Crippen molar-refractivity contribution in [1.82, 2.24) is 0 Å². The highest BCUT2D eigenvalue weighted by atomic mass is 79.9. The van der Waals surface area contributed by atoms with Crippen molar-refractivity contribution in [3.8, 4) is 6.07 Å². The van der Waals surface area contributed by atoms with Crippen molar-refractivity contribution in [3.05, 3.63) is 34.9 Å². The van der Waals surface area contributed by atoms with E-state index in [0.717, 1.165) is 0 Å². The Balaban J connectivity index is 3.38. The van der Waals surface area contributed by atoms with Gasteiger partial charge in [0, 0.05) is 0 Å². The molecule has 2 atom stereocenters. The molecule has 0 aromatic heterocycles. The molecule has 1 aromatic rings. The molecule has 0 fully saturated rings. The van der Waals surface area contributed by atoms with Gasteiger partial charge in [-0.2, -0.15) is 5.26 Å². The molecule has 2 unspecified atom stereocenters. The summed E-state index contributed by atoms with van der Waals surface area (Å²) in [5.74, 6) is -1.66. The first kappa shape index (κ1) is 14.4. The van der Waals surface area contributed by atoms with Gasteiger partial charge < -0.3 is 10.2 Å². The number of benzene rings is 1. The Morgan fingerprint density at radius 1 is 1.39 bits per heavy atom. The number of rotatable bonds is 4. The summed E-state index contributed by atoms with van der Waals surface area (Å²) in [6.07, 6.45) is -1.77. The van der Waals surface area contributed by atoms with Crippen LogP contribution in [-0.4, -0.2) is 22.0 Å². The van der Waals surface area contributed by atoms with Gasteiger partial charge in [0.1, 0.15) is 5.78 Å². The number of carbonyl (C=O) groups excluding carboxylic acids is 1. The number of aliphatic carboxylic acids is 1. The first-order chi connectivity index (χ1) is 8.38. The van der Waals surface area contributed by atoms with E-state index in [1.165, 1.54) is 25.1 Å². The molecule has 0 spiro atoms. The van der Waals surface area contributed by atoms with Crippen LogP contribution in [0.25, 0.3) is 0 Å². The van der Waals surface area contributed by atoms with Crippen LogP contribution >= 0.6 is 15.9 Å². The average molecular weight is 312 g/mol. The molecule has 0 bridgehead atoms. The number of carboxylic acid groups (broad SMARTS) is 1. The SMILES string of the molecule is CC(=O)C(Br)c1ccc(C#N)cc1C(O)C(=O)O. The number of halogens is 1. The smallest absolute Gasteiger partial charge is 0.337 e. The predicted molar refractivity (Wildman–Crippen MR) is 66.1 cm³/mol. The predicted octanol–water partition coefficient (Wildman–Crippen LogP) is 1.70. The summed E-state index contributed by atoms with van der Waals surface area (Å²) in [6.45, 7) is 1.34. The lowest BCUT2D eigenvalue weighted by Crippen LogP contribution is -2.15. The third-order valence-electron chi connectivity index (χ3n) is 2.37. The molecule has 1 aromatic carbocycles. The summed E-state index contributed by atoms with van der Waals surface area (Å²) in [7, 11) is 0. The van der Waals surface area contributed by atoms with Gasteiger partial charge in [0.25, 0.3) is 0 Å². The molecule has 5 nitrogen and oxygen atoms in total. The van der Waals surface area contributed by atoms with Crippen molar-refractivity contribution in [2.45, 2.75) is 17.9 Å². The number of aliphatic hydroxyl groups is 1. The molecule has 0 heterocycles. The van der Waals surface area contributed by atoms with Crippen molar-refractivity contribution in [2.75, 3.05) is 0 Å². The van der Waals surface area contributed by atoms with Gasteiger partial charge in [0.2, 0.25) is 0 Å². The number of aliphatic hydroxyl groups excluding tert-OH is 1. The fourth-order valence-electron chi connectivity index (χ4n) is 1.46. The molecule has 6 heteroatoms. The number of hydrogen-bond acceptors (Lipinski definition) is 4. The quantitative estimate of drug-likeness (QED) is 0.825. The normalized spacial score (nSPS) is 13.4. The Hall–Kier alpha value is -1.71. The van der Waals surface area contributed by atoms with Gasteiger partial charge in [0.15, 0.2) is 6.10 Å². The van der Waals surface area contributed by atoms with Gasteiger partial charge in [-0.25, -0.2) is 4.79 Å². The average Bonchev–Trinajstić information content (AvgIpc) is 2.35. The van der Waals surface area contributed by atoms with E-state index in [4.69, 9.17) is 10.4 Å². The minimum Gasteiger partial charge on any atom is -0.479 e. The fourth-order valence-corrected chi connectivity index (χ4v) is 1.88. The second-order valence-electron chi connectivity index (χ2n) is 3.67. The molecule has 0 saturated heterocycles. The van der Waals surface area contributed by atoms with Crippen molar-refractivity contribution < 1.29 is 19.8 Å². The van der Waals surface area contributed by atoms with Gasteiger partial charge >= 0.3 is 5.97 Å². The van der Waals surface area contributed by atoms with Crippen LogP contribution in [0.3, 0.4) is 0 Å². The highest BCUT2D eigenvalue weighted by Gasteiger charge is 2.25. The molecular formula is C12H10BrNO4. The summed E-state index contributed by atoms with van der Waals surface area (Å²) in [6, 6.07) is 6.04. The molecule has 0 aliphatic carbocycles. The van der Waals surface area contributed by atoms with E-state index in [2.05, 4.69) is 15.9 Å². The maximum Gasteiger partial charge on any atom is 0.337 e. The largest absolute Gasteiger partial charge is 0.479 e. The zero-order valence-corrected chi connectivity index (χ0v) is 11.0. The number of nitriles is 1. The van der Waals surface area contributed by atoms with E-state index in [0.29, 0.717) is 5.56 Å². The van der Waals surface area contributed by atoms with E-state index in [9.17, 15) is 14.7 Å². The van der Waals surface area contributed by atoms with Gasteiger partial charge in [-0.3, -0.25) is 4.79 Å². The summed E-state index contributed by atoms with van der Waals surface area (Å²) in [5, 5.41) is 27.2. The van der Waals surface area contributed by atoms with Crippen LogP contribution in [0.1, 0.15) is 34.5 Å². The van der Waals surface area contributed by atoms with Crippen LogP contribution in [0.15, 0.2) is 18.2 Å². The summed E-state index contributed by atoms with van der Waals surface area (Å²) < 4.78 is 0. The molecule has 0 amide bonds. The Morgan fingerprint density at radius 2 is 2.00 bits per heavy atom. The monoisotopic (exact) mass is 311 g/mol. The topological polar surface area (TPSA) is 98.4 Å². The Kier molecular flexibility index (Phi) is 4.59. The number of carboxylic acids is 1. The lowest BCUT2D eigenvalue weighted by Gasteiger charge is -2.15. The van der Waals surface area contributed by atoms with Gasteiger partial charge in [-0.05, 0) is 30.2 Å². The van der Waals surface area contributed by atoms with E-state index < -0.39 is 16.9 Å². The van der Waals surface area contributed by atoms with Crippen LogP contribution < -0.4 is 0 Å². The van der Waals surface area contributed by atoms with Gasteiger partial charge in [-0.1, -0.05) is 22.0 Å². The third kappa shape index (κ3) is 2.94. The Morgan fingerprint density at radius 3 is 2.44 bits per heavy atom. The third-order valence-corrected chi connectivity index (χ3v) is 3.51. The van der Waals surface area contributed by atoms with E-state index >= 15 is 0 Å². The van der Waals surface area contributed by atoms with Crippen LogP contribution in [0.2, 0.25) is 0 Å². The second-order valence-corrected chi connectivity index (χ2v) is 4.59. The lowest BCUT2D eigenvalue weighted by molar-refractivity contribution is -0.147. The summed E-state index contributed by atoms with van der Waals surface area (Å²) in [4.78, 5) is 21.4. The molecule has 0 saturated carbocycles. The molecule has 0 aliphatic rings. The number of ketones is 1. The van der Waals surface area contributed by atoms with Crippen LogP contribution in [0.4, 0.5) is 0 Å². The van der Waals surface area contributed by atoms with E-state index in [1.807, 2.05) is 6.07 Å². The minimum atomic E-state index is -1.77. The lowest BCUT2D eigenvalue weighted by atomic mass is 9.96. The summed E-state index contributed by atoms with van der Waals surface area (Å²) >= 11 is 3.13. The molecule has 1 rings (SSSR count). The number of alkyl halides is 1. The van der Waals surface area contributed by atoms with E-state index in [1.54, 1.807) is 0 Å². The molecule has 2 N–H and O–H groups in total. The van der Waals surface area contributed by atoms with Crippen LogP contribution in [0.5, 0.6) is 0 Å². The van der Waals surface area contributed by atoms with Crippen molar-refractivity contribution in [1.29, 1.82) is 5.26 Å². The number of Topliss-reactive ketones (excluding diaryl/α,β-unsaturated/α-hetero) is 1. The number of nitrogens with zero attached hydrogens (tertiary/aromatic N) is 1. The molecule has 0 aliphatic heterocycles. The molecule has 0 radical (unpaired) electrons. The molecule has 94 valence electrons. The van der Waals surface area contributed by atoms with Gasteiger partial charge in [-0.15, -0.1) is 0 Å². The van der Waals surface area contributed by atoms with Crippen LogP contribution in [0, 0.1) is 11.3 Å². The van der Waals surface area contributed by atoms with Crippen LogP contribution in [-0.2, 0) is 9.59 Å². The standard InChI is InChI=1S/C12H10BrNO4/c1-6(15)10(13)8-3-2-7(5-14)4-9(8)11(16)12(17)18/h2-4,10-11,16H,1H3,(H,17,18). The minimum absolute atomic E-state index is 0.0404. The second kappa shape index (κ2) is 5.76. The first-order valence-electron chi connectivity index (χ1n) is 4.97. The number of hydrogen-bond donors (Lipinski definition) is 2. The van der Waals surface area contributed by atoms with Gasteiger partial charge in [0.05, 0.1) is 16.5 Å². The number of carbonyl (C=O) groups is 2. The zero-order chi connectivity index (χ0) is 13.9. The summed E-state index contributed by atoms with van der Waals surface area (Å²) in [5.41, 5.74) is 0.604. The Labute approximate surface area is 112 Å². The zero-order valence-electron chi connectivity index (χ0n) is 9.42. The molecular weight excluding hydrogens is 302 g/mol. The first-order valence-corrected chi connectivity index (χ1v) is 5.89. The fraction of sp³-hybridized carbons (Fsp3) is 0.250. The molecule has 18 heavy (non-hydrogen) atoms. The highest BCUT2D eigenvalue weighted by Crippen LogP contribution is 2.31. The maximum absolute atomic E-state index is 11.3. The van der Waals surface area contributed by atoms with Crippen molar-refractivity contribution >= 4 is 27.7 Å². The van der Waals surface area contributed by atoms with Crippen molar-refractivity contribution in [2.24, 2.45) is 0 Å². The maximum atomic E-state index is 11.3.